The SMILES string of the molecule is CCCC(CCC)C1CCCC=C1C(=O)O. The number of carboxylic acid groups (broad SMARTS) is 1. The Morgan fingerprint density at radius 3 is 2.56 bits per heavy atom. The van der Waals surface area contributed by atoms with Gasteiger partial charge >= 0.3 is 5.97 Å². The summed E-state index contributed by atoms with van der Waals surface area (Å²) in [6.07, 6.45) is 9.79. The van der Waals surface area contributed by atoms with Crippen molar-refractivity contribution in [2.45, 2.75) is 58.8 Å². The summed E-state index contributed by atoms with van der Waals surface area (Å²) in [5.74, 6) is 0.200. The molecule has 1 rings (SSSR count). The average Bonchev–Trinajstić information content (AvgIpc) is 2.29. The highest BCUT2D eigenvalue weighted by Gasteiger charge is 2.29. The Balaban J connectivity index is 2.76. The molecule has 1 aliphatic rings. The van der Waals surface area contributed by atoms with Gasteiger partial charge in [-0.3, -0.25) is 0 Å². The van der Waals surface area contributed by atoms with Crippen molar-refractivity contribution in [3.8, 4) is 0 Å². The molecule has 1 N–H and O–H groups in total. The van der Waals surface area contributed by atoms with Crippen LogP contribution in [0.1, 0.15) is 58.8 Å². The third kappa shape index (κ3) is 3.36. The predicted molar refractivity (Wildman–Crippen MR) is 66.4 cm³/mol. The van der Waals surface area contributed by atoms with Crippen molar-refractivity contribution >= 4 is 5.97 Å². The molecule has 1 atom stereocenters. The Morgan fingerprint density at radius 2 is 2.06 bits per heavy atom. The molecule has 0 radical (unpaired) electrons. The lowest BCUT2D eigenvalue weighted by Crippen LogP contribution is -2.24. The fourth-order valence-electron chi connectivity index (χ4n) is 2.93. The fourth-order valence-corrected chi connectivity index (χ4v) is 2.93. The van der Waals surface area contributed by atoms with Crippen LogP contribution in [0.5, 0.6) is 0 Å². The summed E-state index contributed by atoms with van der Waals surface area (Å²) >= 11 is 0. The fraction of sp³-hybridized carbons (Fsp3) is 0.786. The number of hydrogen-bond acceptors (Lipinski definition) is 1. The lowest BCUT2D eigenvalue weighted by molar-refractivity contribution is -0.133. The van der Waals surface area contributed by atoms with Gasteiger partial charge < -0.3 is 5.11 Å². The smallest absolute Gasteiger partial charge is 0.331 e. The van der Waals surface area contributed by atoms with Gasteiger partial charge in [0.15, 0.2) is 0 Å². The lowest BCUT2D eigenvalue weighted by Gasteiger charge is -2.30. The standard InChI is InChI=1S/C14H24O2/c1-3-7-11(8-4-2)12-9-5-6-10-13(12)14(15)16/h10-12H,3-9H2,1-2H3,(H,15,16). The first-order valence-corrected chi connectivity index (χ1v) is 6.64. The number of carboxylic acids is 1. The van der Waals surface area contributed by atoms with E-state index in [0.717, 1.165) is 32.1 Å². The number of rotatable bonds is 6. The Bertz CT molecular complexity index is 249. The Hall–Kier alpha value is -0.790. The van der Waals surface area contributed by atoms with Gasteiger partial charge in [-0.05, 0) is 31.1 Å². The molecule has 2 nitrogen and oxygen atoms in total. The van der Waals surface area contributed by atoms with Crippen molar-refractivity contribution in [3.63, 3.8) is 0 Å². The summed E-state index contributed by atoms with van der Waals surface area (Å²) in [6.45, 7) is 4.38. The summed E-state index contributed by atoms with van der Waals surface area (Å²) in [4.78, 5) is 11.2. The van der Waals surface area contributed by atoms with Crippen molar-refractivity contribution in [1.82, 2.24) is 0 Å². The molecule has 0 aromatic carbocycles. The highest BCUT2D eigenvalue weighted by Crippen LogP contribution is 2.36. The van der Waals surface area contributed by atoms with Crippen molar-refractivity contribution in [2.24, 2.45) is 11.8 Å². The third-order valence-electron chi connectivity index (χ3n) is 3.62. The second-order valence-corrected chi connectivity index (χ2v) is 4.84. The van der Waals surface area contributed by atoms with E-state index in [2.05, 4.69) is 13.8 Å². The van der Waals surface area contributed by atoms with E-state index < -0.39 is 5.97 Å². The predicted octanol–water partition coefficient (Wildman–Crippen LogP) is 4.01. The van der Waals surface area contributed by atoms with Crippen molar-refractivity contribution < 1.29 is 9.90 Å². The molecule has 0 aromatic heterocycles. The molecule has 16 heavy (non-hydrogen) atoms. The normalized spacial score (nSPS) is 20.9. The molecule has 0 heterocycles. The topological polar surface area (TPSA) is 37.3 Å². The molecule has 0 saturated heterocycles. The first-order valence-electron chi connectivity index (χ1n) is 6.64. The second kappa shape index (κ2) is 6.72. The minimum absolute atomic E-state index is 0.311. The van der Waals surface area contributed by atoms with Crippen LogP contribution in [-0.4, -0.2) is 11.1 Å². The molecule has 1 unspecified atom stereocenters. The van der Waals surface area contributed by atoms with Gasteiger partial charge in [0.25, 0.3) is 0 Å². The van der Waals surface area contributed by atoms with Crippen LogP contribution in [0.3, 0.4) is 0 Å². The molecule has 0 saturated carbocycles. The number of hydrogen-bond donors (Lipinski definition) is 1. The van der Waals surface area contributed by atoms with Gasteiger partial charge in [0, 0.05) is 5.57 Å². The molecular formula is C14H24O2. The molecule has 0 aromatic rings. The molecule has 92 valence electrons. The number of allylic oxidation sites excluding steroid dienone is 1. The van der Waals surface area contributed by atoms with Gasteiger partial charge in [-0.25, -0.2) is 4.79 Å². The highest BCUT2D eigenvalue weighted by molar-refractivity contribution is 5.87. The summed E-state index contributed by atoms with van der Waals surface area (Å²) in [7, 11) is 0. The molecule has 0 aliphatic heterocycles. The lowest BCUT2D eigenvalue weighted by atomic mass is 9.75. The molecule has 0 amide bonds. The molecule has 2 heteroatoms. The summed E-state index contributed by atoms with van der Waals surface area (Å²) in [5, 5.41) is 9.23. The molecular weight excluding hydrogens is 200 g/mol. The Morgan fingerprint density at radius 1 is 1.44 bits per heavy atom. The van der Waals surface area contributed by atoms with Crippen LogP contribution in [0.25, 0.3) is 0 Å². The van der Waals surface area contributed by atoms with E-state index in [4.69, 9.17) is 0 Å². The largest absolute Gasteiger partial charge is 0.478 e. The maximum atomic E-state index is 11.2. The van der Waals surface area contributed by atoms with E-state index in [-0.39, 0.29) is 0 Å². The van der Waals surface area contributed by atoms with Crippen molar-refractivity contribution in [2.75, 3.05) is 0 Å². The average molecular weight is 224 g/mol. The number of carbonyl (C=O) groups is 1. The molecule has 1 aliphatic carbocycles. The van der Waals surface area contributed by atoms with Gasteiger partial charge in [-0.2, -0.15) is 0 Å². The first kappa shape index (κ1) is 13.3. The van der Waals surface area contributed by atoms with Gasteiger partial charge in [-0.15, -0.1) is 0 Å². The minimum Gasteiger partial charge on any atom is -0.478 e. The van der Waals surface area contributed by atoms with Crippen LogP contribution in [0.4, 0.5) is 0 Å². The minimum atomic E-state index is -0.693. The molecule has 0 fully saturated rings. The number of aliphatic carboxylic acids is 1. The zero-order valence-electron chi connectivity index (χ0n) is 10.5. The highest BCUT2D eigenvalue weighted by atomic mass is 16.4. The zero-order chi connectivity index (χ0) is 12.0. The first-order chi connectivity index (χ1) is 7.70. The van der Waals surface area contributed by atoms with Gasteiger partial charge in [0.2, 0.25) is 0 Å². The molecule has 0 bridgehead atoms. The Kier molecular flexibility index (Phi) is 5.58. The van der Waals surface area contributed by atoms with Gasteiger partial charge in [-0.1, -0.05) is 45.6 Å². The van der Waals surface area contributed by atoms with Crippen LogP contribution >= 0.6 is 0 Å². The van der Waals surface area contributed by atoms with E-state index in [1.807, 2.05) is 6.08 Å². The Labute approximate surface area is 98.7 Å². The van der Waals surface area contributed by atoms with Crippen LogP contribution in [0, 0.1) is 11.8 Å². The summed E-state index contributed by atoms with van der Waals surface area (Å²) < 4.78 is 0. The quantitative estimate of drug-likeness (QED) is 0.740. The van der Waals surface area contributed by atoms with Crippen molar-refractivity contribution in [1.29, 1.82) is 0 Å². The van der Waals surface area contributed by atoms with Gasteiger partial charge in [0.1, 0.15) is 0 Å². The van der Waals surface area contributed by atoms with E-state index >= 15 is 0 Å². The maximum absolute atomic E-state index is 11.2. The van der Waals surface area contributed by atoms with Crippen LogP contribution < -0.4 is 0 Å². The second-order valence-electron chi connectivity index (χ2n) is 4.84. The van der Waals surface area contributed by atoms with Crippen LogP contribution in [-0.2, 0) is 4.79 Å². The van der Waals surface area contributed by atoms with E-state index in [1.165, 1.54) is 12.8 Å². The van der Waals surface area contributed by atoms with Crippen LogP contribution in [0.2, 0.25) is 0 Å². The summed E-state index contributed by atoms with van der Waals surface area (Å²) in [5.41, 5.74) is 0.693. The third-order valence-corrected chi connectivity index (χ3v) is 3.62. The van der Waals surface area contributed by atoms with Crippen LogP contribution in [0.15, 0.2) is 11.6 Å². The maximum Gasteiger partial charge on any atom is 0.331 e. The van der Waals surface area contributed by atoms with Crippen molar-refractivity contribution in [3.05, 3.63) is 11.6 Å². The van der Waals surface area contributed by atoms with E-state index in [1.54, 1.807) is 0 Å². The van der Waals surface area contributed by atoms with E-state index in [0.29, 0.717) is 17.4 Å². The monoisotopic (exact) mass is 224 g/mol. The zero-order valence-corrected chi connectivity index (χ0v) is 10.5. The van der Waals surface area contributed by atoms with E-state index in [9.17, 15) is 9.90 Å². The molecule has 0 spiro atoms. The summed E-state index contributed by atoms with van der Waals surface area (Å²) in [6, 6.07) is 0. The van der Waals surface area contributed by atoms with Gasteiger partial charge in [0.05, 0.1) is 0 Å².